The lowest BCUT2D eigenvalue weighted by molar-refractivity contribution is 0.251. The van der Waals surface area contributed by atoms with Gasteiger partial charge in [-0.05, 0) is 43.7 Å². The first kappa shape index (κ1) is 17.3. The molecule has 0 N–H and O–H groups in total. The van der Waals surface area contributed by atoms with Crippen LogP contribution in [0.3, 0.4) is 0 Å². The first-order chi connectivity index (χ1) is 12.8. The summed E-state index contributed by atoms with van der Waals surface area (Å²) < 4.78 is 0. The average molecular weight is 352 g/mol. The lowest BCUT2D eigenvalue weighted by atomic mass is 9.84. The maximum absolute atomic E-state index is 4.43. The van der Waals surface area contributed by atoms with Crippen molar-refractivity contribution in [3.63, 3.8) is 0 Å². The molecule has 1 atom stereocenters. The molecule has 2 aliphatic rings. The number of nitrogens with zero attached hydrogens (tertiary/aromatic N) is 6. The molecule has 0 radical (unpaired) electrons. The van der Waals surface area contributed by atoms with Crippen LogP contribution in [0.25, 0.3) is 0 Å². The molecular weight excluding hydrogens is 324 g/mol. The van der Waals surface area contributed by atoms with Gasteiger partial charge in [-0.2, -0.15) is 0 Å². The Hall–Kier alpha value is -2.08. The Morgan fingerprint density at radius 3 is 2.31 bits per heavy atom. The maximum Gasteiger partial charge on any atom is 0.225 e. The Morgan fingerprint density at radius 2 is 1.62 bits per heavy atom. The first-order valence-corrected chi connectivity index (χ1v) is 9.86. The molecule has 0 spiro atoms. The minimum absolute atomic E-state index is 0.824. The van der Waals surface area contributed by atoms with Gasteiger partial charge in [0.15, 0.2) is 0 Å². The van der Waals surface area contributed by atoms with Gasteiger partial charge in [0.05, 0.1) is 0 Å². The highest BCUT2D eigenvalue weighted by atomic mass is 15.2. The molecule has 0 aliphatic carbocycles. The monoisotopic (exact) mass is 352 g/mol. The van der Waals surface area contributed by atoms with Gasteiger partial charge in [0, 0.05) is 63.0 Å². The van der Waals surface area contributed by atoms with Crippen LogP contribution < -0.4 is 4.90 Å². The summed E-state index contributed by atoms with van der Waals surface area (Å²) in [6.07, 6.45) is 12.4. The molecule has 4 heterocycles. The van der Waals surface area contributed by atoms with E-state index in [1.165, 1.54) is 37.9 Å². The van der Waals surface area contributed by atoms with Crippen molar-refractivity contribution in [3.8, 4) is 0 Å². The zero-order valence-electron chi connectivity index (χ0n) is 15.6. The Balaban J connectivity index is 1.26. The van der Waals surface area contributed by atoms with Crippen LogP contribution in [0.5, 0.6) is 0 Å². The Labute approximate surface area is 155 Å². The largest absolute Gasteiger partial charge is 0.341 e. The van der Waals surface area contributed by atoms with Gasteiger partial charge in [-0.25, -0.2) is 19.9 Å². The smallest absolute Gasteiger partial charge is 0.225 e. The van der Waals surface area contributed by atoms with Crippen molar-refractivity contribution in [1.82, 2.24) is 24.8 Å². The zero-order valence-corrected chi connectivity index (χ0v) is 15.6. The van der Waals surface area contributed by atoms with Gasteiger partial charge in [0.25, 0.3) is 0 Å². The molecular formula is C20H28N6. The summed E-state index contributed by atoms with van der Waals surface area (Å²) >= 11 is 0. The van der Waals surface area contributed by atoms with Crippen LogP contribution in [0.1, 0.15) is 37.6 Å². The molecule has 4 rings (SSSR count). The fourth-order valence-electron chi connectivity index (χ4n) is 4.32. The zero-order chi connectivity index (χ0) is 17.8. The number of likely N-dealkylation sites (tertiary alicyclic amines) is 1. The first-order valence-electron chi connectivity index (χ1n) is 9.86. The fourth-order valence-corrected chi connectivity index (χ4v) is 4.32. The van der Waals surface area contributed by atoms with E-state index in [-0.39, 0.29) is 0 Å². The Morgan fingerprint density at radius 1 is 0.923 bits per heavy atom. The number of aromatic nitrogens is 4. The molecule has 0 bridgehead atoms. The molecule has 2 aliphatic heterocycles. The van der Waals surface area contributed by atoms with Gasteiger partial charge in [0.1, 0.15) is 5.82 Å². The number of rotatable bonds is 5. The summed E-state index contributed by atoms with van der Waals surface area (Å²) in [5, 5.41) is 0. The van der Waals surface area contributed by atoms with Crippen LogP contribution in [0, 0.1) is 11.8 Å². The second-order valence-corrected chi connectivity index (χ2v) is 7.52. The predicted molar refractivity (Wildman–Crippen MR) is 102 cm³/mol. The van der Waals surface area contributed by atoms with Crippen LogP contribution >= 0.6 is 0 Å². The minimum atomic E-state index is 0.824. The molecule has 26 heavy (non-hydrogen) atoms. The summed E-state index contributed by atoms with van der Waals surface area (Å²) in [6.45, 7) is 7.64. The van der Waals surface area contributed by atoms with Crippen LogP contribution in [0.15, 0.2) is 30.9 Å². The van der Waals surface area contributed by atoms with Gasteiger partial charge in [-0.1, -0.05) is 6.92 Å². The van der Waals surface area contributed by atoms with Crippen molar-refractivity contribution < 1.29 is 0 Å². The molecule has 6 nitrogen and oxygen atoms in total. The lowest BCUT2D eigenvalue weighted by Crippen LogP contribution is -2.37. The van der Waals surface area contributed by atoms with E-state index in [1.54, 1.807) is 0 Å². The number of aryl methyl sites for hydroxylation is 1. The molecule has 0 amide bonds. The predicted octanol–water partition coefficient (Wildman–Crippen LogP) is 2.57. The van der Waals surface area contributed by atoms with Crippen molar-refractivity contribution in [2.45, 2.75) is 39.2 Å². The molecule has 6 heteroatoms. The topological polar surface area (TPSA) is 58.0 Å². The van der Waals surface area contributed by atoms with Gasteiger partial charge >= 0.3 is 0 Å². The van der Waals surface area contributed by atoms with Crippen LogP contribution in [0.4, 0.5) is 5.95 Å². The number of piperidine rings is 1. The second-order valence-electron chi connectivity index (χ2n) is 7.52. The van der Waals surface area contributed by atoms with E-state index in [4.69, 9.17) is 0 Å². The van der Waals surface area contributed by atoms with E-state index in [0.717, 1.165) is 49.7 Å². The third-order valence-electron chi connectivity index (χ3n) is 5.83. The Kier molecular flexibility index (Phi) is 5.39. The maximum atomic E-state index is 4.43. The van der Waals surface area contributed by atoms with Gasteiger partial charge in [0.2, 0.25) is 5.95 Å². The van der Waals surface area contributed by atoms with Crippen LogP contribution in [-0.4, -0.2) is 51.0 Å². The van der Waals surface area contributed by atoms with Gasteiger partial charge in [-0.3, -0.25) is 4.90 Å². The quantitative estimate of drug-likeness (QED) is 0.824. The van der Waals surface area contributed by atoms with E-state index in [1.807, 2.05) is 30.9 Å². The highest BCUT2D eigenvalue weighted by Gasteiger charge is 2.32. The van der Waals surface area contributed by atoms with Crippen molar-refractivity contribution in [1.29, 1.82) is 0 Å². The van der Waals surface area contributed by atoms with Gasteiger partial charge < -0.3 is 4.90 Å². The summed E-state index contributed by atoms with van der Waals surface area (Å²) in [6, 6.07) is 1.88. The van der Waals surface area contributed by atoms with E-state index in [0.29, 0.717) is 0 Å². The number of anilines is 1. The number of hydrogen-bond acceptors (Lipinski definition) is 6. The lowest BCUT2D eigenvalue weighted by Gasteiger charge is -2.34. The van der Waals surface area contributed by atoms with Crippen molar-refractivity contribution in [3.05, 3.63) is 42.2 Å². The third-order valence-corrected chi connectivity index (χ3v) is 5.83. The van der Waals surface area contributed by atoms with Crippen LogP contribution in [-0.2, 0) is 13.0 Å². The van der Waals surface area contributed by atoms with Crippen molar-refractivity contribution in [2.24, 2.45) is 11.8 Å². The van der Waals surface area contributed by atoms with Crippen LogP contribution in [0.2, 0.25) is 0 Å². The normalized spacial score (nSPS) is 22.0. The molecule has 2 fully saturated rings. The summed E-state index contributed by atoms with van der Waals surface area (Å²) in [5.41, 5.74) is 1.24. The molecule has 2 aromatic rings. The second kappa shape index (κ2) is 8.08. The van der Waals surface area contributed by atoms with Crippen molar-refractivity contribution >= 4 is 5.95 Å². The van der Waals surface area contributed by atoms with E-state index < -0.39 is 0 Å². The van der Waals surface area contributed by atoms with E-state index >= 15 is 0 Å². The van der Waals surface area contributed by atoms with Crippen molar-refractivity contribution in [2.75, 3.05) is 31.1 Å². The standard InChI is InChI=1S/C20H28N6/c1-2-19-23-12-16(13-24-19)14-25-9-4-18(15-25)17-5-10-26(11-6-17)20-21-7-3-8-22-20/h3,7-8,12-13,17-18H,2,4-6,9-11,14-15H2,1H3/t18-/m0/s1. The SMILES string of the molecule is CCc1ncc(CN2CC[C@H](C3CCN(c4ncccn4)CC3)C2)cn1. The van der Waals surface area contributed by atoms with E-state index in [9.17, 15) is 0 Å². The number of hydrogen-bond donors (Lipinski definition) is 0. The molecule has 2 saturated heterocycles. The molecule has 2 aromatic heterocycles. The molecule has 138 valence electrons. The summed E-state index contributed by atoms with van der Waals surface area (Å²) in [7, 11) is 0. The average Bonchev–Trinajstić information content (AvgIpc) is 3.18. The molecule has 0 unspecified atom stereocenters. The molecule has 0 aromatic carbocycles. The third kappa shape index (κ3) is 4.01. The highest BCUT2D eigenvalue weighted by molar-refractivity contribution is 5.28. The molecule has 0 saturated carbocycles. The van der Waals surface area contributed by atoms with E-state index in [2.05, 4.69) is 36.7 Å². The highest BCUT2D eigenvalue weighted by Crippen LogP contribution is 2.33. The van der Waals surface area contributed by atoms with Gasteiger partial charge in [-0.15, -0.1) is 0 Å². The summed E-state index contributed by atoms with van der Waals surface area (Å²) in [4.78, 5) is 22.5. The summed E-state index contributed by atoms with van der Waals surface area (Å²) in [5.74, 6) is 3.47. The minimum Gasteiger partial charge on any atom is -0.341 e. The Bertz CT molecular complexity index is 681. The fraction of sp³-hybridized carbons (Fsp3) is 0.600.